The quantitative estimate of drug-likeness (QED) is 0.783. The number of rotatable bonds is 2. The van der Waals surface area contributed by atoms with Gasteiger partial charge in [0.05, 0.1) is 12.2 Å². The molecule has 1 aromatic rings. The normalized spacial score (nSPS) is 9.77. The van der Waals surface area contributed by atoms with E-state index < -0.39 is 0 Å². The lowest BCUT2D eigenvalue weighted by Crippen LogP contribution is -2.06. The molecule has 0 amide bonds. The van der Waals surface area contributed by atoms with E-state index in [9.17, 15) is 4.79 Å². The third kappa shape index (κ3) is 2.54. The summed E-state index contributed by atoms with van der Waals surface area (Å²) in [5.74, 6) is -0.318. The maximum Gasteiger partial charge on any atom is 0.340 e. The minimum Gasteiger partial charge on any atom is -0.462 e. The largest absolute Gasteiger partial charge is 0.462 e. The zero-order valence-electron chi connectivity index (χ0n) is 7.01. The van der Waals surface area contributed by atoms with Gasteiger partial charge in [-0.05, 0) is 50.9 Å². The molecule has 2 nitrogen and oxygen atoms in total. The molecule has 0 atom stereocenters. The molecule has 0 unspecified atom stereocenters. The van der Waals surface area contributed by atoms with Crippen molar-refractivity contribution in [2.45, 2.75) is 6.92 Å². The maximum absolute atomic E-state index is 11.4. The van der Waals surface area contributed by atoms with Gasteiger partial charge < -0.3 is 4.74 Å². The predicted molar refractivity (Wildman–Crippen MR) is 57.8 cm³/mol. The lowest BCUT2D eigenvalue weighted by atomic mass is 10.2. The Bertz CT molecular complexity index is 303. The van der Waals surface area contributed by atoms with E-state index in [1.165, 1.54) is 0 Å². The molecule has 0 N–H and O–H groups in total. The fourth-order valence-corrected chi connectivity index (χ4v) is 2.22. The first kappa shape index (κ1) is 10.7. The van der Waals surface area contributed by atoms with Crippen molar-refractivity contribution in [3.05, 3.63) is 32.7 Å². The van der Waals surface area contributed by atoms with Gasteiger partial charge in [-0.2, -0.15) is 0 Å². The molecule has 0 fully saturated rings. The summed E-state index contributed by atoms with van der Waals surface area (Å²) in [7, 11) is 0. The molecule has 0 aromatic heterocycles. The second kappa shape index (κ2) is 4.77. The van der Waals surface area contributed by atoms with Gasteiger partial charge in [0.25, 0.3) is 0 Å². The highest BCUT2D eigenvalue weighted by atomic mass is 79.9. The molecule has 13 heavy (non-hydrogen) atoms. The third-order valence-electron chi connectivity index (χ3n) is 1.44. The van der Waals surface area contributed by atoms with Crippen LogP contribution in [0.5, 0.6) is 0 Å². The summed E-state index contributed by atoms with van der Waals surface area (Å²) in [6.07, 6.45) is 0. The maximum atomic E-state index is 11.4. The number of hydrogen-bond donors (Lipinski definition) is 0. The van der Waals surface area contributed by atoms with Crippen molar-refractivity contribution in [2.24, 2.45) is 0 Å². The van der Waals surface area contributed by atoms with Crippen molar-refractivity contribution in [3.8, 4) is 0 Å². The smallest absolute Gasteiger partial charge is 0.340 e. The van der Waals surface area contributed by atoms with E-state index in [0.29, 0.717) is 12.2 Å². The Balaban J connectivity index is 3.05. The molecule has 0 radical (unpaired) electrons. The predicted octanol–water partition coefficient (Wildman–Crippen LogP) is 3.39. The van der Waals surface area contributed by atoms with Crippen molar-refractivity contribution in [1.82, 2.24) is 0 Å². The molecule has 4 heteroatoms. The second-order valence-electron chi connectivity index (χ2n) is 2.32. The number of ether oxygens (including phenoxy) is 1. The Hall–Kier alpha value is -0.350. The summed E-state index contributed by atoms with van der Waals surface area (Å²) in [5, 5.41) is 0. The van der Waals surface area contributed by atoms with Crippen molar-refractivity contribution in [1.29, 1.82) is 0 Å². The third-order valence-corrected chi connectivity index (χ3v) is 2.76. The first-order valence-corrected chi connectivity index (χ1v) is 5.36. The molecule has 0 saturated heterocycles. The van der Waals surface area contributed by atoms with E-state index in [2.05, 4.69) is 31.9 Å². The van der Waals surface area contributed by atoms with Crippen LogP contribution >= 0.6 is 31.9 Å². The standard InChI is InChI=1S/C9H8Br2O2/c1-2-13-9(12)8-6(10)4-3-5-7(8)11/h3-5H,2H2,1H3. The number of hydrogen-bond acceptors (Lipinski definition) is 2. The van der Waals surface area contributed by atoms with Crippen molar-refractivity contribution < 1.29 is 9.53 Å². The van der Waals surface area contributed by atoms with Crippen LogP contribution in [0.1, 0.15) is 17.3 Å². The zero-order chi connectivity index (χ0) is 9.84. The van der Waals surface area contributed by atoms with Crippen molar-refractivity contribution >= 4 is 37.8 Å². The van der Waals surface area contributed by atoms with Crippen LogP contribution in [-0.4, -0.2) is 12.6 Å². The molecule has 0 aliphatic rings. The van der Waals surface area contributed by atoms with E-state index in [1.54, 1.807) is 19.1 Å². The highest BCUT2D eigenvalue weighted by Crippen LogP contribution is 2.25. The van der Waals surface area contributed by atoms with E-state index in [1.807, 2.05) is 6.07 Å². The van der Waals surface area contributed by atoms with Crippen LogP contribution in [0.25, 0.3) is 0 Å². The molecule has 0 bridgehead atoms. The van der Waals surface area contributed by atoms with Gasteiger partial charge in [0.15, 0.2) is 0 Å². The summed E-state index contributed by atoms with van der Waals surface area (Å²) in [6.45, 7) is 2.16. The van der Waals surface area contributed by atoms with Gasteiger partial charge >= 0.3 is 5.97 Å². The molecule has 0 saturated carbocycles. The van der Waals surface area contributed by atoms with E-state index in [0.717, 1.165) is 8.95 Å². The average Bonchev–Trinajstić information content (AvgIpc) is 2.04. The monoisotopic (exact) mass is 306 g/mol. The van der Waals surface area contributed by atoms with Crippen LogP contribution in [0.15, 0.2) is 27.1 Å². The summed E-state index contributed by atoms with van der Waals surface area (Å²) in [6, 6.07) is 5.45. The topological polar surface area (TPSA) is 26.3 Å². The fourth-order valence-electron chi connectivity index (χ4n) is 0.896. The number of carbonyl (C=O) groups is 1. The van der Waals surface area contributed by atoms with E-state index in [4.69, 9.17) is 4.74 Å². The summed E-state index contributed by atoms with van der Waals surface area (Å²) < 4.78 is 6.36. The Kier molecular flexibility index (Phi) is 3.93. The van der Waals surface area contributed by atoms with Gasteiger partial charge in [0.1, 0.15) is 0 Å². The molecule has 70 valence electrons. The van der Waals surface area contributed by atoms with Crippen LogP contribution in [0.4, 0.5) is 0 Å². The Labute approximate surface area is 93.5 Å². The Morgan fingerprint density at radius 2 is 1.92 bits per heavy atom. The highest BCUT2D eigenvalue weighted by molar-refractivity contribution is 9.11. The lowest BCUT2D eigenvalue weighted by Gasteiger charge is -2.05. The number of benzene rings is 1. The fraction of sp³-hybridized carbons (Fsp3) is 0.222. The van der Waals surface area contributed by atoms with E-state index in [-0.39, 0.29) is 5.97 Å². The van der Waals surface area contributed by atoms with Crippen molar-refractivity contribution in [3.63, 3.8) is 0 Å². The molecule has 1 aromatic carbocycles. The average molecular weight is 308 g/mol. The summed E-state index contributed by atoms with van der Waals surface area (Å²) in [4.78, 5) is 11.4. The molecular weight excluding hydrogens is 300 g/mol. The molecule has 0 aliphatic heterocycles. The van der Waals surface area contributed by atoms with E-state index >= 15 is 0 Å². The zero-order valence-corrected chi connectivity index (χ0v) is 10.2. The van der Waals surface area contributed by atoms with Crippen LogP contribution in [0.3, 0.4) is 0 Å². The van der Waals surface area contributed by atoms with Gasteiger partial charge in [-0.3, -0.25) is 0 Å². The number of esters is 1. The second-order valence-corrected chi connectivity index (χ2v) is 4.03. The molecular formula is C9H8Br2O2. The van der Waals surface area contributed by atoms with Gasteiger partial charge in [0.2, 0.25) is 0 Å². The van der Waals surface area contributed by atoms with Crippen LogP contribution in [-0.2, 0) is 4.74 Å². The van der Waals surface area contributed by atoms with Gasteiger partial charge in [-0.25, -0.2) is 4.79 Å². The molecule has 1 rings (SSSR count). The van der Waals surface area contributed by atoms with Gasteiger partial charge in [-0.15, -0.1) is 0 Å². The highest BCUT2D eigenvalue weighted by Gasteiger charge is 2.13. The first-order valence-electron chi connectivity index (χ1n) is 3.78. The van der Waals surface area contributed by atoms with Gasteiger partial charge in [-0.1, -0.05) is 6.07 Å². The summed E-state index contributed by atoms with van der Waals surface area (Å²) >= 11 is 6.57. The van der Waals surface area contributed by atoms with Gasteiger partial charge in [0, 0.05) is 8.95 Å². The van der Waals surface area contributed by atoms with Crippen LogP contribution in [0.2, 0.25) is 0 Å². The molecule has 0 heterocycles. The first-order chi connectivity index (χ1) is 6.16. The Morgan fingerprint density at radius 3 is 2.38 bits per heavy atom. The van der Waals surface area contributed by atoms with Crippen molar-refractivity contribution in [2.75, 3.05) is 6.61 Å². The number of carbonyl (C=O) groups excluding carboxylic acids is 1. The molecule has 0 spiro atoms. The molecule has 0 aliphatic carbocycles. The number of halogens is 2. The lowest BCUT2D eigenvalue weighted by molar-refractivity contribution is 0.0524. The minimum absolute atomic E-state index is 0.318. The van der Waals surface area contributed by atoms with Crippen LogP contribution < -0.4 is 0 Å². The SMILES string of the molecule is CCOC(=O)c1c(Br)cccc1Br. The Morgan fingerprint density at radius 1 is 1.38 bits per heavy atom. The van der Waals surface area contributed by atoms with Crippen LogP contribution in [0, 0.1) is 0 Å². The minimum atomic E-state index is -0.318. The summed E-state index contributed by atoms with van der Waals surface area (Å²) in [5.41, 5.74) is 0.532.